The zero-order valence-electron chi connectivity index (χ0n) is 14.4. The Labute approximate surface area is 151 Å². The second-order valence-corrected chi connectivity index (χ2v) is 6.06. The van der Waals surface area contributed by atoms with Crippen molar-refractivity contribution in [1.29, 1.82) is 0 Å². The molecular formula is C17H22N6O3. The Morgan fingerprint density at radius 1 is 1.08 bits per heavy atom. The number of hydrogen-bond donors (Lipinski definition) is 3. The minimum atomic E-state index is 0.242. The van der Waals surface area contributed by atoms with E-state index < -0.39 is 0 Å². The number of hydrogen-bond acceptors (Lipinski definition) is 9. The van der Waals surface area contributed by atoms with Gasteiger partial charge in [0.25, 0.3) is 0 Å². The highest BCUT2D eigenvalue weighted by molar-refractivity contribution is 5.78. The Hall–Kier alpha value is -2.78. The molecule has 0 spiro atoms. The van der Waals surface area contributed by atoms with E-state index >= 15 is 0 Å². The van der Waals surface area contributed by atoms with Crippen molar-refractivity contribution >= 4 is 23.0 Å². The summed E-state index contributed by atoms with van der Waals surface area (Å²) in [6.45, 7) is 5.41. The SMILES string of the molecule is Nc1c(NCCN2CCOCC2)ncnc1Nc1ccc2c(c1)OCO2. The third-order valence-corrected chi connectivity index (χ3v) is 4.34. The molecule has 0 radical (unpaired) electrons. The molecule has 0 atom stereocenters. The Bertz CT molecular complexity index is 766. The van der Waals surface area contributed by atoms with E-state index in [1.165, 1.54) is 6.33 Å². The second kappa shape index (κ2) is 7.63. The number of nitrogens with one attached hydrogen (secondary N) is 2. The van der Waals surface area contributed by atoms with Gasteiger partial charge in [-0.25, -0.2) is 9.97 Å². The van der Waals surface area contributed by atoms with Crippen LogP contribution in [0.3, 0.4) is 0 Å². The standard InChI is InChI=1S/C17H22N6O3/c18-15-16(19-3-4-23-5-7-24-8-6-23)20-10-21-17(15)22-12-1-2-13-14(9-12)26-11-25-13/h1-2,9-10H,3-8,11,18H2,(H2,19,20,21,22). The largest absolute Gasteiger partial charge is 0.454 e. The first kappa shape index (κ1) is 16.7. The van der Waals surface area contributed by atoms with E-state index in [0.717, 1.165) is 50.8 Å². The molecule has 1 saturated heterocycles. The number of benzene rings is 1. The molecule has 0 saturated carbocycles. The number of nitrogens with zero attached hydrogens (tertiary/aromatic N) is 3. The van der Waals surface area contributed by atoms with Gasteiger partial charge in [0, 0.05) is 37.9 Å². The molecule has 2 aliphatic rings. The van der Waals surface area contributed by atoms with Crippen LogP contribution in [0.5, 0.6) is 11.5 Å². The number of ether oxygens (including phenoxy) is 3. The number of aromatic nitrogens is 2. The van der Waals surface area contributed by atoms with E-state index in [-0.39, 0.29) is 6.79 Å². The summed E-state index contributed by atoms with van der Waals surface area (Å²) in [4.78, 5) is 10.8. The van der Waals surface area contributed by atoms with Crippen LogP contribution in [0, 0.1) is 0 Å². The molecule has 0 amide bonds. The van der Waals surface area contributed by atoms with Crippen molar-refractivity contribution in [3.05, 3.63) is 24.5 Å². The fraction of sp³-hybridized carbons (Fsp3) is 0.412. The lowest BCUT2D eigenvalue weighted by molar-refractivity contribution is 0.0398. The van der Waals surface area contributed by atoms with Crippen molar-refractivity contribution < 1.29 is 14.2 Å². The zero-order valence-corrected chi connectivity index (χ0v) is 14.4. The molecule has 9 heteroatoms. The molecule has 138 valence electrons. The van der Waals surface area contributed by atoms with Crippen LogP contribution in [0.25, 0.3) is 0 Å². The molecule has 3 heterocycles. The van der Waals surface area contributed by atoms with Gasteiger partial charge in [-0.3, -0.25) is 4.90 Å². The maximum atomic E-state index is 6.22. The summed E-state index contributed by atoms with van der Waals surface area (Å²) < 4.78 is 16.1. The molecule has 2 aromatic rings. The summed E-state index contributed by atoms with van der Waals surface area (Å²) >= 11 is 0. The number of fused-ring (bicyclic) bond motifs is 1. The summed E-state index contributed by atoms with van der Waals surface area (Å²) in [5, 5.41) is 6.49. The predicted molar refractivity (Wildman–Crippen MR) is 98.0 cm³/mol. The average molecular weight is 358 g/mol. The van der Waals surface area contributed by atoms with Gasteiger partial charge in [0.15, 0.2) is 23.1 Å². The Kier molecular flexibility index (Phi) is 4.89. The third-order valence-electron chi connectivity index (χ3n) is 4.34. The number of morpholine rings is 1. The van der Waals surface area contributed by atoms with Crippen LogP contribution in [0.15, 0.2) is 24.5 Å². The molecule has 9 nitrogen and oxygen atoms in total. The van der Waals surface area contributed by atoms with Gasteiger partial charge in [0.2, 0.25) is 6.79 Å². The molecule has 1 fully saturated rings. The van der Waals surface area contributed by atoms with E-state index in [1.807, 2.05) is 18.2 Å². The van der Waals surface area contributed by atoms with E-state index in [0.29, 0.717) is 23.1 Å². The molecule has 4 N–H and O–H groups in total. The number of anilines is 4. The maximum Gasteiger partial charge on any atom is 0.231 e. The second-order valence-electron chi connectivity index (χ2n) is 6.06. The highest BCUT2D eigenvalue weighted by Gasteiger charge is 2.15. The summed E-state index contributed by atoms with van der Waals surface area (Å²) in [7, 11) is 0. The Balaban J connectivity index is 1.39. The molecule has 0 bridgehead atoms. The Morgan fingerprint density at radius 3 is 2.77 bits per heavy atom. The molecule has 0 unspecified atom stereocenters. The molecule has 26 heavy (non-hydrogen) atoms. The summed E-state index contributed by atoms with van der Waals surface area (Å²) in [5.74, 6) is 2.60. The van der Waals surface area contributed by atoms with Crippen LogP contribution >= 0.6 is 0 Å². The lowest BCUT2D eigenvalue weighted by Crippen LogP contribution is -2.39. The zero-order chi connectivity index (χ0) is 17.8. The summed E-state index contributed by atoms with van der Waals surface area (Å²) in [5.41, 5.74) is 7.52. The van der Waals surface area contributed by atoms with Gasteiger partial charge in [-0.05, 0) is 12.1 Å². The topological polar surface area (TPSA) is 107 Å². The van der Waals surface area contributed by atoms with Gasteiger partial charge < -0.3 is 30.6 Å². The van der Waals surface area contributed by atoms with E-state index in [2.05, 4.69) is 25.5 Å². The van der Waals surface area contributed by atoms with Crippen molar-refractivity contribution in [2.75, 3.05) is 62.6 Å². The van der Waals surface area contributed by atoms with Gasteiger partial charge in [0.05, 0.1) is 13.2 Å². The monoisotopic (exact) mass is 358 g/mol. The van der Waals surface area contributed by atoms with Gasteiger partial charge in [0.1, 0.15) is 12.0 Å². The van der Waals surface area contributed by atoms with Gasteiger partial charge in [-0.1, -0.05) is 0 Å². The van der Waals surface area contributed by atoms with Gasteiger partial charge >= 0.3 is 0 Å². The minimum absolute atomic E-state index is 0.242. The Morgan fingerprint density at radius 2 is 1.88 bits per heavy atom. The van der Waals surface area contributed by atoms with Crippen LogP contribution in [0.1, 0.15) is 0 Å². The normalized spacial score (nSPS) is 16.5. The molecular weight excluding hydrogens is 336 g/mol. The number of rotatable bonds is 6. The lowest BCUT2D eigenvalue weighted by Gasteiger charge is -2.26. The van der Waals surface area contributed by atoms with Crippen molar-refractivity contribution in [2.24, 2.45) is 0 Å². The van der Waals surface area contributed by atoms with Crippen LogP contribution < -0.4 is 25.8 Å². The van der Waals surface area contributed by atoms with Crippen molar-refractivity contribution in [1.82, 2.24) is 14.9 Å². The third kappa shape index (κ3) is 3.73. The number of nitrogens with two attached hydrogens (primary N) is 1. The minimum Gasteiger partial charge on any atom is -0.454 e. The first-order valence-electron chi connectivity index (χ1n) is 8.61. The van der Waals surface area contributed by atoms with Crippen LogP contribution in [-0.4, -0.2) is 61.1 Å². The van der Waals surface area contributed by atoms with E-state index in [1.54, 1.807) is 0 Å². The quantitative estimate of drug-likeness (QED) is 0.704. The first-order chi connectivity index (χ1) is 12.8. The lowest BCUT2D eigenvalue weighted by atomic mass is 10.2. The summed E-state index contributed by atoms with van der Waals surface area (Å²) in [6, 6.07) is 5.60. The first-order valence-corrected chi connectivity index (χ1v) is 8.61. The van der Waals surface area contributed by atoms with E-state index in [4.69, 9.17) is 19.9 Å². The summed E-state index contributed by atoms with van der Waals surface area (Å²) in [6.07, 6.45) is 1.49. The molecule has 1 aromatic carbocycles. The van der Waals surface area contributed by atoms with Crippen molar-refractivity contribution in [3.8, 4) is 11.5 Å². The van der Waals surface area contributed by atoms with Gasteiger partial charge in [-0.2, -0.15) is 0 Å². The highest BCUT2D eigenvalue weighted by atomic mass is 16.7. The van der Waals surface area contributed by atoms with Crippen molar-refractivity contribution in [2.45, 2.75) is 0 Å². The van der Waals surface area contributed by atoms with Crippen LogP contribution in [0.2, 0.25) is 0 Å². The average Bonchev–Trinajstić information content (AvgIpc) is 3.13. The molecule has 0 aliphatic carbocycles. The van der Waals surface area contributed by atoms with Crippen LogP contribution in [0.4, 0.5) is 23.0 Å². The molecule has 2 aliphatic heterocycles. The highest BCUT2D eigenvalue weighted by Crippen LogP contribution is 2.35. The van der Waals surface area contributed by atoms with Gasteiger partial charge in [-0.15, -0.1) is 0 Å². The fourth-order valence-corrected chi connectivity index (χ4v) is 2.90. The smallest absolute Gasteiger partial charge is 0.231 e. The van der Waals surface area contributed by atoms with Crippen molar-refractivity contribution in [3.63, 3.8) is 0 Å². The molecule has 4 rings (SSSR count). The van der Waals surface area contributed by atoms with Crippen LogP contribution in [-0.2, 0) is 4.74 Å². The maximum absolute atomic E-state index is 6.22. The molecule has 1 aromatic heterocycles. The predicted octanol–water partition coefficient (Wildman–Crippen LogP) is 1.28. The number of nitrogen functional groups attached to an aromatic ring is 1. The van der Waals surface area contributed by atoms with E-state index in [9.17, 15) is 0 Å². The fourth-order valence-electron chi connectivity index (χ4n) is 2.90.